The maximum Gasteiger partial charge on any atom is 0.302 e. The molecule has 9 nitrogen and oxygen atoms in total. The van der Waals surface area contributed by atoms with E-state index < -0.39 is 10.1 Å². The first-order valence-electron chi connectivity index (χ1n) is 9.90. The summed E-state index contributed by atoms with van der Waals surface area (Å²) in [7, 11) is -0.134. The lowest BCUT2D eigenvalue weighted by atomic mass is 10.2. The quantitative estimate of drug-likeness (QED) is 0.0891. The third-order valence-corrected chi connectivity index (χ3v) is 4.82. The van der Waals surface area contributed by atoms with Crippen molar-refractivity contribution in [1.29, 1.82) is 0 Å². The van der Waals surface area contributed by atoms with Crippen LogP contribution in [-0.2, 0) is 24.4 Å². The number of nitrogens with zero attached hydrogens (tertiary/aromatic N) is 2. The predicted octanol–water partition coefficient (Wildman–Crippen LogP) is 8.45. The predicted molar refractivity (Wildman–Crippen MR) is 179 cm³/mol. The normalized spacial score (nSPS) is 7.95. The minimum absolute atomic E-state index is 0. The van der Waals surface area contributed by atoms with E-state index in [1.165, 1.54) is 6.92 Å². The van der Waals surface area contributed by atoms with Crippen LogP contribution in [0.15, 0.2) is 24.6 Å². The van der Waals surface area contributed by atoms with Gasteiger partial charge >= 0.3 is 5.97 Å². The van der Waals surface area contributed by atoms with Crippen LogP contribution in [-0.4, -0.2) is 67.8 Å². The van der Waals surface area contributed by atoms with E-state index in [1.54, 1.807) is 12.1 Å². The first kappa shape index (κ1) is 70.9. The summed E-state index contributed by atoms with van der Waals surface area (Å²) in [6, 6.07) is 0. The molecule has 0 aliphatic heterocycles. The van der Waals surface area contributed by atoms with Crippen molar-refractivity contribution in [3.8, 4) is 0 Å². The number of rotatable bonds is 14. The Kier molecular flexibility index (Phi) is 73.5. The highest BCUT2D eigenvalue weighted by Gasteiger charge is 2.05. The first-order valence-corrected chi connectivity index (χ1v) is 11.5. The molecule has 0 aliphatic rings. The van der Waals surface area contributed by atoms with Gasteiger partial charge in [-0.3, -0.25) is 24.6 Å². The van der Waals surface area contributed by atoms with Crippen LogP contribution in [0.2, 0.25) is 0 Å². The van der Waals surface area contributed by atoms with Crippen molar-refractivity contribution in [1.82, 2.24) is 15.3 Å². The standard InChI is InChI=1S/C12H22N2O3.C8H17NO3S.9CH4/c1-10(2)14(4)13-12(16)8-6-5-7-9-17-11(3)15;1-8(2)9(3)6-4-5-7-13(10,11)12;;;;;;;;;/h1,5-9H2,2-4H3,(H,13,16);1,4-7H2,2-3H3,(H,10,11,12);9*1H4. The van der Waals surface area contributed by atoms with Gasteiger partial charge in [0.05, 0.1) is 12.4 Å². The third kappa shape index (κ3) is 57.0. The van der Waals surface area contributed by atoms with Crippen molar-refractivity contribution < 1.29 is 27.3 Å². The number of hydrogen-bond donors (Lipinski definition) is 2. The highest BCUT2D eigenvalue weighted by atomic mass is 32.2. The van der Waals surface area contributed by atoms with Gasteiger partial charge in [-0.05, 0) is 46.0 Å². The molecule has 0 aliphatic carbocycles. The van der Waals surface area contributed by atoms with Gasteiger partial charge < -0.3 is 9.64 Å². The van der Waals surface area contributed by atoms with Crippen molar-refractivity contribution in [2.24, 2.45) is 0 Å². The largest absolute Gasteiger partial charge is 0.466 e. The van der Waals surface area contributed by atoms with E-state index in [0.717, 1.165) is 43.6 Å². The van der Waals surface area contributed by atoms with Gasteiger partial charge in [-0.1, -0.05) is 80.0 Å². The topological polar surface area (TPSA) is 116 Å². The summed E-state index contributed by atoms with van der Waals surface area (Å²) in [6.07, 6.45) is 4.15. The minimum atomic E-state index is -3.78. The number of hydrogen-bond acceptors (Lipinski definition) is 7. The molecule has 0 spiro atoms. The Bertz CT molecular complexity index is 653. The molecule has 0 heterocycles. The van der Waals surface area contributed by atoms with Gasteiger partial charge in [0, 0.05) is 45.4 Å². The summed E-state index contributed by atoms with van der Waals surface area (Å²) in [6.45, 7) is 13.8. The van der Waals surface area contributed by atoms with E-state index in [4.69, 9.17) is 9.29 Å². The van der Waals surface area contributed by atoms with E-state index >= 15 is 0 Å². The lowest BCUT2D eigenvalue weighted by Crippen LogP contribution is -2.37. The number of allylic oxidation sites excluding steroid dienone is 2. The Morgan fingerprint density at radius 3 is 1.59 bits per heavy atom. The molecular weight excluding hydrogens is 518 g/mol. The number of esters is 1. The van der Waals surface area contributed by atoms with Crippen LogP contribution in [0.3, 0.4) is 0 Å². The average molecular weight is 594 g/mol. The fourth-order valence-electron chi connectivity index (χ4n) is 1.94. The van der Waals surface area contributed by atoms with Crippen LogP contribution < -0.4 is 5.43 Å². The van der Waals surface area contributed by atoms with Gasteiger partial charge in [0.2, 0.25) is 5.91 Å². The fraction of sp³-hybridized carbons (Fsp3) is 0.793. The van der Waals surface area contributed by atoms with Gasteiger partial charge in [0.25, 0.3) is 10.1 Å². The number of amides is 1. The SMILES string of the molecule is C.C.C.C.C.C.C.C.C.C=C(C)N(C)CCCCS(=O)(=O)O.C=C(C)N(C)NC(=O)CCCCCOC(C)=O. The maximum absolute atomic E-state index is 11.4. The minimum Gasteiger partial charge on any atom is -0.466 e. The van der Waals surface area contributed by atoms with E-state index in [1.807, 2.05) is 25.8 Å². The Hall–Kier alpha value is -2.07. The summed E-state index contributed by atoms with van der Waals surface area (Å²) in [5.74, 6) is -0.439. The maximum atomic E-state index is 11.4. The van der Waals surface area contributed by atoms with Crippen molar-refractivity contribution in [3.63, 3.8) is 0 Å². The molecule has 0 unspecified atom stereocenters. The number of carbonyl (C=O) groups is 2. The first-order chi connectivity index (χ1) is 13.8. The zero-order valence-electron chi connectivity index (χ0n) is 19.1. The molecule has 0 aromatic heterocycles. The summed E-state index contributed by atoms with van der Waals surface area (Å²) in [5.41, 5.74) is 4.43. The Morgan fingerprint density at radius 1 is 0.769 bits per heavy atom. The Morgan fingerprint density at radius 2 is 1.23 bits per heavy atom. The monoisotopic (exact) mass is 594 g/mol. The lowest BCUT2D eigenvalue weighted by Gasteiger charge is -2.19. The molecule has 0 saturated carbocycles. The van der Waals surface area contributed by atoms with Crippen LogP contribution in [0.25, 0.3) is 0 Å². The second kappa shape index (κ2) is 40.4. The summed E-state index contributed by atoms with van der Waals surface area (Å²) in [4.78, 5) is 23.8. The van der Waals surface area contributed by atoms with E-state index in [0.29, 0.717) is 19.4 Å². The average Bonchev–Trinajstić information content (AvgIpc) is 2.60. The molecule has 39 heavy (non-hydrogen) atoms. The molecule has 10 heteroatoms. The summed E-state index contributed by atoms with van der Waals surface area (Å²) < 4.78 is 33.9. The molecule has 0 radical (unpaired) electrons. The van der Waals surface area contributed by atoms with Crippen molar-refractivity contribution in [2.75, 3.05) is 33.0 Å². The molecule has 0 rings (SSSR count). The zero-order chi connectivity index (χ0) is 23.7. The van der Waals surface area contributed by atoms with Crippen molar-refractivity contribution in [2.45, 2.75) is 126 Å². The molecule has 0 saturated heterocycles. The van der Waals surface area contributed by atoms with Gasteiger partial charge in [-0.25, -0.2) is 0 Å². The van der Waals surface area contributed by atoms with Crippen LogP contribution >= 0.6 is 0 Å². The molecule has 1 amide bonds. The van der Waals surface area contributed by atoms with Crippen molar-refractivity contribution >= 4 is 22.0 Å². The molecule has 0 aromatic carbocycles. The smallest absolute Gasteiger partial charge is 0.302 e. The number of nitrogens with one attached hydrogen (secondary N) is 1. The highest BCUT2D eigenvalue weighted by molar-refractivity contribution is 7.85. The second-order valence-corrected chi connectivity index (χ2v) is 8.70. The summed E-state index contributed by atoms with van der Waals surface area (Å²) in [5, 5.41) is 1.60. The van der Waals surface area contributed by atoms with Gasteiger partial charge in [0.15, 0.2) is 0 Å². The lowest BCUT2D eigenvalue weighted by molar-refractivity contribution is -0.141. The van der Waals surface area contributed by atoms with Crippen LogP contribution in [0.5, 0.6) is 0 Å². The van der Waals surface area contributed by atoms with Crippen molar-refractivity contribution in [3.05, 3.63) is 24.6 Å². The van der Waals surface area contributed by atoms with E-state index in [9.17, 15) is 18.0 Å². The number of unbranched alkanes of at least 4 members (excludes halogenated alkanes) is 3. The molecular formula is C29H75N3O6S. The molecule has 2 N–H and O–H groups in total. The van der Waals surface area contributed by atoms with Gasteiger partial charge in [0.1, 0.15) is 0 Å². The Labute approximate surface area is 248 Å². The molecule has 0 aromatic rings. The Balaban J connectivity index is -0.0000000370. The van der Waals surface area contributed by atoms with E-state index in [2.05, 4.69) is 18.6 Å². The fourth-order valence-corrected chi connectivity index (χ4v) is 2.51. The zero-order valence-corrected chi connectivity index (χ0v) is 19.9. The van der Waals surface area contributed by atoms with Crippen LogP contribution in [0.1, 0.15) is 126 Å². The van der Waals surface area contributed by atoms with E-state index in [-0.39, 0.29) is 84.5 Å². The number of carbonyl (C=O) groups excluding carboxylic acids is 2. The molecule has 0 bridgehead atoms. The third-order valence-electron chi connectivity index (χ3n) is 4.02. The van der Waals surface area contributed by atoms with Gasteiger partial charge in [-0.2, -0.15) is 8.42 Å². The second-order valence-electron chi connectivity index (χ2n) is 7.13. The number of hydrazine groups is 1. The highest BCUT2D eigenvalue weighted by Crippen LogP contribution is 2.02. The number of ether oxygens (including phenoxy) is 1. The van der Waals surface area contributed by atoms with Crippen LogP contribution in [0.4, 0.5) is 0 Å². The molecule has 0 atom stereocenters. The summed E-state index contributed by atoms with van der Waals surface area (Å²) >= 11 is 0. The van der Waals surface area contributed by atoms with Gasteiger partial charge in [-0.15, -0.1) is 0 Å². The van der Waals surface area contributed by atoms with Crippen LogP contribution in [0, 0.1) is 0 Å². The molecule has 248 valence electrons. The molecule has 0 fully saturated rings.